The zero-order valence-electron chi connectivity index (χ0n) is 8.66. The Balaban J connectivity index is 2.10. The second-order valence-corrected chi connectivity index (χ2v) is 3.48. The predicted octanol–water partition coefficient (Wildman–Crippen LogP) is 0.139. The molecule has 5 nitrogen and oxygen atoms in total. The summed E-state index contributed by atoms with van der Waals surface area (Å²) in [5.74, 6) is 1.62. The van der Waals surface area contributed by atoms with Crippen LogP contribution in [-0.2, 0) is 6.42 Å². The molecule has 0 radical (unpaired) electrons. The van der Waals surface area contributed by atoms with Crippen LogP contribution in [0.2, 0.25) is 0 Å². The van der Waals surface area contributed by atoms with Crippen molar-refractivity contribution in [1.82, 2.24) is 15.5 Å². The molecule has 80 valence electrons. The Morgan fingerprint density at radius 3 is 2.93 bits per heavy atom. The van der Waals surface area contributed by atoms with Crippen LogP contribution in [0.15, 0.2) is 4.52 Å². The highest BCUT2D eigenvalue weighted by molar-refractivity contribution is 4.83. The Morgan fingerprint density at radius 1 is 1.57 bits per heavy atom. The van der Waals surface area contributed by atoms with Gasteiger partial charge in [0.15, 0.2) is 5.82 Å². The van der Waals surface area contributed by atoms with Crippen LogP contribution in [0.25, 0.3) is 0 Å². The van der Waals surface area contributed by atoms with E-state index in [4.69, 9.17) is 9.63 Å². The lowest BCUT2D eigenvalue weighted by Gasteiger charge is -2.07. The summed E-state index contributed by atoms with van der Waals surface area (Å²) in [6.07, 6.45) is 0.735. The molecule has 5 heteroatoms. The van der Waals surface area contributed by atoms with Crippen LogP contribution in [-0.4, -0.2) is 34.9 Å². The lowest BCUT2D eigenvalue weighted by Crippen LogP contribution is -2.25. The van der Waals surface area contributed by atoms with Crippen molar-refractivity contribution in [3.63, 3.8) is 0 Å². The topological polar surface area (TPSA) is 71.2 Å². The summed E-state index contributed by atoms with van der Waals surface area (Å²) in [4.78, 5) is 4.08. The molecule has 0 aliphatic rings. The Kier molecular flexibility index (Phi) is 4.55. The smallest absolute Gasteiger partial charge is 0.227 e. The summed E-state index contributed by atoms with van der Waals surface area (Å²) in [7, 11) is 0. The Morgan fingerprint density at radius 2 is 2.36 bits per heavy atom. The minimum absolute atomic E-state index is 0.215. The van der Waals surface area contributed by atoms with Crippen molar-refractivity contribution in [2.45, 2.75) is 20.3 Å². The van der Waals surface area contributed by atoms with E-state index in [1.165, 1.54) is 0 Å². The third-order valence-corrected chi connectivity index (χ3v) is 1.89. The molecule has 0 saturated heterocycles. The first-order valence-corrected chi connectivity index (χ1v) is 4.83. The third-order valence-electron chi connectivity index (χ3n) is 1.89. The van der Waals surface area contributed by atoms with Gasteiger partial charge in [0.25, 0.3) is 0 Å². The number of aryl methyl sites for hydroxylation is 1. The van der Waals surface area contributed by atoms with Gasteiger partial charge < -0.3 is 14.9 Å². The number of rotatable bonds is 6. The SMILES string of the molecule is Cc1noc(CCNCC(C)CO)n1. The molecule has 1 heterocycles. The maximum Gasteiger partial charge on any atom is 0.227 e. The van der Waals surface area contributed by atoms with Gasteiger partial charge in [0.1, 0.15) is 0 Å². The maximum absolute atomic E-state index is 8.77. The van der Waals surface area contributed by atoms with Crippen molar-refractivity contribution in [3.05, 3.63) is 11.7 Å². The molecular formula is C9H17N3O2. The number of nitrogens with one attached hydrogen (secondary N) is 1. The summed E-state index contributed by atoms with van der Waals surface area (Å²) in [6, 6.07) is 0. The van der Waals surface area contributed by atoms with E-state index in [0.29, 0.717) is 17.6 Å². The van der Waals surface area contributed by atoms with Crippen LogP contribution < -0.4 is 5.32 Å². The standard InChI is InChI=1S/C9H17N3O2/c1-7(6-13)5-10-4-3-9-11-8(2)12-14-9/h7,10,13H,3-6H2,1-2H3. The zero-order chi connectivity index (χ0) is 10.4. The van der Waals surface area contributed by atoms with Gasteiger partial charge in [-0.15, -0.1) is 0 Å². The summed E-state index contributed by atoms with van der Waals surface area (Å²) in [5.41, 5.74) is 0. The molecule has 1 aromatic rings. The molecule has 1 rings (SSSR count). The van der Waals surface area contributed by atoms with Crippen LogP contribution in [0.5, 0.6) is 0 Å². The van der Waals surface area contributed by atoms with E-state index in [1.807, 2.05) is 6.92 Å². The predicted molar refractivity (Wildman–Crippen MR) is 51.9 cm³/mol. The van der Waals surface area contributed by atoms with Crippen molar-refractivity contribution >= 4 is 0 Å². The highest BCUT2D eigenvalue weighted by Crippen LogP contribution is 1.96. The number of hydrogen-bond donors (Lipinski definition) is 2. The Labute approximate surface area is 83.5 Å². The van der Waals surface area contributed by atoms with E-state index in [0.717, 1.165) is 19.5 Å². The lowest BCUT2D eigenvalue weighted by atomic mass is 10.2. The van der Waals surface area contributed by atoms with Gasteiger partial charge in [0.05, 0.1) is 0 Å². The molecule has 14 heavy (non-hydrogen) atoms. The first kappa shape index (κ1) is 11.1. The summed E-state index contributed by atoms with van der Waals surface area (Å²) < 4.78 is 4.95. The van der Waals surface area contributed by atoms with Crippen LogP contribution >= 0.6 is 0 Å². The molecule has 0 fully saturated rings. The molecule has 0 amide bonds. The van der Waals surface area contributed by atoms with Gasteiger partial charge in [-0.05, 0) is 19.4 Å². The minimum atomic E-state index is 0.215. The first-order valence-electron chi connectivity index (χ1n) is 4.83. The number of nitrogens with zero attached hydrogens (tertiary/aromatic N) is 2. The highest BCUT2D eigenvalue weighted by atomic mass is 16.5. The van der Waals surface area contributed by atoms with Gasteiger partial charge in [0, 0.05) is 19.6 Å². The zero-order valence-corrected chi connectivity index (χ0v) is 8.66. The quantitative estimate of drug-likeness (QED) is 0.638. The van der Waals surface area contributed by atoms with Crippen LogP contribution in [0.1, 0.15) is 18.6 Å². The maximum atomic E-state index is 8.77. The molecule has 0 aromatic carbocycles. The van der Waals surface area contributed by atoms with Crippen LogP contribution in [0.3, 0.4) is 0 Å². The molecule has 0 saturated carbocycles. The molecule has 0 spiro atoms. The number of aromatic nitrogens is 2. The van der Waals surface area contributed by atoms with E-state index in [2.05, 4.69) is 15.5 Å². The van der Waals surface area contributed by atoms with Crippen molar-refractivity contribution in [2.75, 3.05) is 19.7 Å². The highest BCUT2D eigenvalue weighted by Gasteiger charge is 2.02. The van der Waals surface area contributed by atoms with E-state index in [1.54, 1.807) is 6.92 Å². The van der Waals surface area contributed by atoms with E-state index >= 15 is 0 Å². The average molecular weight is 199 g/mol. The third kappa shape index (κ3) is 3.85. The van der Waals surface area contributed by atoms with Crippen molar-refractivity contribution < 1.29 is 9.63 Å². The normalized spacial score (nSPS) is 13.1. The van der Waals surface area contributed by atoms with Crippen molar-refractivity contribution in [3.8, 4) is 0 Å². The second-order valence-electron chi connectivity index (χ2n) is 3.48. The Bertz CT molecular complexity index is 262. The molecule has 0 aliphatic carbocycles. The molecule has 2 N–H and O–H groups in total. The van der Waals surface area contributed by atoms with Crippen LogP contribution in [0, 0.1) is 12.8 Å². The lowest BCUT2D eigenvalue weighted by molar-refractivity contribution is 0.233. The fourth-order valence-electron chi connectivity index (χ4n) is 1.05. The fraction of sp³-hybridized carbons (Fsp3) is 0.778. The summed E-state index contributed by atoms with van der Waals surface area (Å²) in [6.45, 7) is 5.61. The molecule has 1 unspecified atom stereocenters. The fourth-order valence-corrected chi connectivity index (χ4v) is 1.05. The van der Waals surface area contributed by atoms with Gasteiger partial charge in [-0.3, -0.25) is 0 Å². The molecular weight excluding hydrogens is 182 g/mol. The minimum Gasteiger partial charge on any atom is -0.396 e. The second kappa shape index (κ2) is 5.72. The monoisotopic (exact) mass is 199 g/mol. The average Bonchev–Trinajstić information content (AvgIpc) is 2.58. The van der Waals surface area contributed by atoms with Crippen LogP contribution in [0.4, 0.5) is 0 Å². The van der Waals surface area contributed by atoms with E-state index in [9.17, 15) is 0 Å². The van der Waals surface area contributed by atoms with Gasteiger partial charge in [-0.25, -0.2) is 0 Å². The van der Waals surface area contributed by atoms with E-state index in [-0.39, 0.29) is 6.61 Å². The van der Waals surface area contributed by atoms with E-state index < -0.39 is 0 Å². The summed E-state index contributed by atoms with van der Waals surface area (Å²) in [5, 5.41) is 15.7. The van der Waals surface area contributed by atoms with Gasteiger partial charge in [0.2, 0.25) is 5.89 Å². The molecule has 0 bridgehead atoms. The number of hydrogen-bond acceptors (Lipinski definition) is 5. The Hall–Kier alpha value is -0.940. The van der Waals surface area contributed by atoms with Gasteiger partial charge in [-0.1, -0.05) is 12.1 Å². The largest absolute Gasteiger partial charge is 0.396 e. The van der Waals surface area contributed by atoms with Gasteiger partial charge in [-0.2, -0.15) is 4.98 Å². The molecule has 0 aliphatic heterocycles. The number of aliphatic hydroxyl groups excluding tert-OH is 1. The number of aliphatic hydroxyl groups is 1. The molecule has 1 aromatic heterocycles. The molecule has 1 atom stereocenters. The van der Waals surface area contributed by atoms with Crippen molar-refractivity contribution in [2.24, 2.45) is 5.92 Å². The summed E-state index contributed by atoms with van der Waals surface area (Å²) >= 11 is 0. The van der Waals surface area contributed by atoms with Crippen molar-refractivity contribution in [1.29, 1.82) is 0 Å². The van der Waals surface area contributed by atoms with Gasteiger partial charge >= 0.3 is 0 Å². The first-order chi connectivity index (χ1) is 6.72.